The van der Waals surface area contributed by atoms with Gasteiger partial charge >= 0.3 is 0 Å². The maximum atomic E-state index is 12.8. The molecule has 1 aromatic heterocycles. The van der Waals surface area contributed by atoms with Crippen LogP contribution in [0.3, 0.4) is 0 Å². The number of nitrogens with one attached hydrogen (secondary N) is 1. The number of benzene rings is 2. The Hall–Kier alpha value is -3.66. The average Bonchev–Trinajstić information content (AvgIpc) is 3.43. The number of aromatic nitrogens is 2. The van der Waals surface area contributed by atoms with Crippen molar-refractivity contribution in [1.29, 1.82) is 0 Å². The molecule has 10 heteroatoms. The molecule has 0 bridgehead atoms. The van der Waals surface area contributed by atoms with Gasteiger partial charge in [-0.1, -0.05) is 17.4 Å². The molecule has 3 aromatic rings. The van der Waals surface area contributed by atoms with E-state index in [1.54, 1.807) is 17.0 Å². The molecular formula is C24H26N4O5S. The number of amides is 2. The van der Waals surface area contributed by atoms with Gasteiger partial charge in [0.2, 0.25) is 16.8 Å². The van der Waals surface area contributed by atoms with Gasteiger partial charge in [-0.3, -0.25) is 14.9 Å². The molecule has 1 aliphatic heterocycles. The SMILES string of the molecule is COc1cc(C(=O)Nc2nnc([C@H]3CC(=O)N(c4cc(C)cc(C)c4)C3)s2)cc(OC)c1OC. The van der Waals surface area contributed by atoms with Crippen molar-refractivity contribution in [3.63, 3.8) is 0 Å². The first-order chi connectivity index (χ1) is 16.3. The van der Waals surface area contributed by atoms with Crippen LogP contribution in [0.25, 0.3) is 0 Å². The third-order valence-electron chi connectivity index (χ3n) is 5.58. The predicted octanol–water partition coefficient (Wildman–Crippen LogP) is 3.95. The fourth-order valence-electron chi connectivity index (χ4n) is 4.06. The third kappa shape index (κ3) is 4.67. The van der Waals surface area contributed by atoms with Gasteiger partial charge in [0.05, 0.1) is 21.3 Å². The number of carbonyl (C=O) groups excluding carboxylic acids is 2. The van der Waals surface area contributed by atoms with E-state index < -0.39 is 0 Å². The zero-order valence-electron chi connectivity index (χ0n) is 19.7. The molecule has 0 saturated carbocycles. The Morgan fingerprint density at radius 3 is 2.24 bits per heavy atom. The molecule has 34 heavy (non-hydrogen) atoms. The highest BCUT2D eigenvalue weighted by Crippen LogP contribution is 2.39. The number of hydrogen-bond donors (Lipinski definition) is 1. The summed E-state index contributed by atoms with van der Waals surface area (Å²) in [7, 11) is 4.47. The highest BCUT2D eigenvalue weighted by Gasteiger charge is 2.34. The number of methoxy groups -OCH3 is 3. The third-order valence-corrected chi connectivity index (χ3v) is 6.58. The summed E-state index contributed by atoms with van der Waals surface area (Å²) in [6, 6.07) is 9.23. The molecule has 2 amide bonds. The summed E-state index contributed by atoms with van der Waals surface area (Å²) < 4.78 is 15.9. The zero-order valence-corrected chi connectivity index (χ0v) is 20.5. The van der Waals surface area contributed by atoms with Crippen LogP contribution in [0.4, 0.5) is 10.8 Å². The van der Waals surface area contributed by atoms with E-state index in [0.717, 1.165) is 16.8 Å². The van der Waals surface area contributed by atoms with Crippen LogP contribution < -0.4 is 24.4 Å². The molecule has 0 radical (unpaired) electrons. The predicted molar refractivity (Wildman–Crippen MR) is 130 cm³/mol. The molecule has 178 valence electrons. The number of ether oxygens (including phenoxy) is 3. The molecule has 1 saturated heterocycles. The molecule has 0 unspecified atom stereocenters. The standard InChI is InChI=1S/C24H26N4O5S/c1-13-6-14(2)8-17(7-13)28-12-16(11-20(28)29)23-26-27-24(34-23)25-22(30)15-9-18(31-3)21(33-5)19(10-15)32-4/h6-10,16H,11-12H2,1-5H3,(H,25,27,30)/t16-/m0/s1. The van der Waals surface area contributed by atoms with Crippen molar-refractivity contribution < 1.29 is 23.8 Å². The topological polar surface area (TPSA) is 103 Å². The van der Waals surface area contributed by atoms with Crippen LogP contribution in [0, 0.1) is 13.8 Å². The van der Waals surface area contributed by atoms with Gasteiger partial charge in [-0.25, -0.2) is 0 Å². The number of nitrogens with zero attached hydrogens (tertiary/aromatic N) is 3. The van der Waals surface area contributed by atoms with E-state index >= 15 is 0 Å². The molecule has 9 nitrogen and oxygen atoms in total. The lowest BCUT2D eigenvalue weighted by Gasteiger charge is -2.17. The molecule has 2 aromatic carbocycles. The van der Waals surface area contributed by atoms with Crippen molar-refractivity contribution in [2.45, 2.75) is 26.2 Å². The molecule has 1 atom stereocenters. The van der Waals surface area contributed by atoms with Crippen LogP contribution in [0.2, 0.25) is 0 Å². The Labute approximate surface area is 201 Å². The summed E-state index contributed by atoms with van der Waals surface area (Å²) >= 11 is 1.27. The van der Waals surface area contributed by atoms with Gasteiger partial charge in [0.25, 0.3) is 5.91 Å². The van der Waals surface area contributed by atoms with Gasteiger partial charge in [-0.2, -0.15) is 0 Å². The Bertz CT molecular complexity index is 1200. The van der Waals surface area contributed by atoms with Crippen molar-refractivity contribution in [2.24, 2.45) is 0 Å². The normalized spacial score (nSPS) is 15.4. The summed E-state index contributed by atoms with van der Waals surface area (Å²) in [5.41, 5.74) is 3.44. The zero-order chi connectivity index (χ0) is 24.4. The summed E-state index contributed by atoms with van der Waals surface area (Å²) in [6.07, 6.45) is 0.350. The lowest BCUT2D eigenvalue weighted by atomic mass is 10.1. The van der Waals surface area contributed by atoms with E-state index in [-0.39, 0.29) is 17.7 Å². The van der Waals surface area contributed by atoms with Gasteiger partial charge in [-0.05, 0) is 49.2 Å². The van der Waals surface area contributed by atoms with E-state index in [1.165, 1.54) is 32.7 Å². The Morgan fingerprint density at radius 2 is 1.65 bits per heavy atom. The first kappa shape index (κ1) is 23.5. The van der Waals surface area contributed by atoms with Crippen LogP contribution in [0.15, 0.2) is 30.3 Å². The van der Waals surface area contributed by atoms with Crippen molar-refractivity contribution in [1.82, 2.24) is 10.2 Å². The molecule has 0 spiro atoms. The van der Waals surface area contributed by atoms with Gasteiger partial charge in [0.1, 0.15) is 5.01 Å². The Morgan fingerprint density at radius 1 is 1.00 bits per heavy atom. The van der Waals surface area contributed by atoms with Gasteiger partial charge in [0, 0.05) is 30.1 Å². The maximum absolute atomic E-state index is 12.8. The van der Waals surface area contributed by atoms with E-state index in [4.69, 9.17) is 14.2 Å². The molecule has 1 aliphatic rings. The number of aryl methyl sites for hydroxylation is 2. The second kappa shape index (κ2) is 9.68. The minimum atomic E-state index is -0.388. The minimum Gasteiger partial charge on any atom is -0.493 e. The number of carbonyl (C=O) groups is 2. The monoisotopic (exact) mass is 482 g/mol. The van der Waals surface area contributed by atoms with Crippen LogP contribution >= 0.6 is 11.3 Å². The molecule has 0 aliphatic carbocycles. The van der Waals surface area contributed by atoms with Crippen molar-refractivity contribution >= 4 is 34.0 Å². The lowest BCUT2D eigenvalue weighted by Crippen LogP contribution is -2.24. The van der Waals surface area contributed by atoms with Gasteiger partial charge in [-0.15, -0.1) is 10.2 Å². The van der Waals surface area contributed by atoms with E-state index in [9.17, 15) is 9.59 Å². The lowest BCUT2D eigenvalue weighted by molar-refractivity contribution is -0.117. The second-order valence-electron chi connectivity index (χ2n) is 8.06. The fourth-order valence-corrected chi connectivity index (χ4v) is 4.89. The van der Waals surface area contributed by atoms with E-state index in [2.05, 4.69) is 21.6 Å². The minimum absolute atomic E-state index is 0.0493. The summed E-state index contributed by atoms with van der Waals surface area (Å²) in [6.45, 7) is 4.56. The van der Waals surface area contributed by atoms with E-state index in [0.29, 0.717) is 45.9 Å². The quantitative estimate of drug-likeness (QED) is 0.544. The number of anilines is 2. The second-order valence-corrected chi connectivity index (χ2v) is 9.07. The number of hydrogen-bond acceptors (Lipinski definition) is 8. The van der Waals surface area contributed by atoms with E-state index in [1.807, 2.05) is 26.0 Å². The fraction of sp³-hybridized carbons (Fsp3) is 0.333. The summed E-state index contributed by atoms with van der Waals surface area (Å²) in [4.78, 5) is 27.3. The van der Waals surface area contributed by atoms with Crippen LogP contribution in [-0.4, -0.2) is 49.9 Å². The Balaban J connectivity index is 1.49. The molecule has 2 heterocycles. The molecular weight excluding hydrogens is 456 g/mol. The summed E-state index contributed by atoms with van der Waals surface area (Å²) in [5, 5.41) is 12.2. The number of rotatable bonds is 7. The summed E-state index contributed by atoms with van der Waals surface area (Å²) in [5.74, 6) is 0.730. The molecule has 4 rings (SSSR count). The first-order valence-corrected chi connectivity index (χ1v) is 11.5. The smallest absolute Gasteiger partial charge is 0.257 e. The highest BCUT2D eigenvalue weighted by atomic mass is 32.1. The van der Waals surface area contributed by atoms with Crippen LogP contribution in [-0.2, 0) is 4.79 Å². The average molecular weight is 483 g/mol. The molecule has 1 fully saturated rings. The van der Waals surface area contributed by atoms with Gasteiger partial charge in [0.15, 0.2) is 11.5 Å². The van der Waals surface area contributed by atoms with Crippen molar-refractivity contribution in [2.75, 3.05) is 38.1 Å². The van der Waals surface area contributed by atoms with Crippen molar-refractivity contribution in [3.8, 4) is 17.2 Å². The Kier molecular flexibility index (Phi) is 6.69. The highest BCUT2D eigenvalue weighted by molar-refractivity contribution is 7.15. The molecule has 1 N–H and O–H groups in total. The van der Waals surface area contributed by atoms with Crippen molar-refractivity contribution in [3.05, 3.63) is 52.0 Å². The van der Waals surface area contributed by atoms with Gasteiger partial charge < -0.3 is 19.1 Å². The maximum Gasteiger partial charge on any atom is 0.257 e. The van der Waals surface area contributed by atoms with Crippen LogP contribution in [0.5, 0.6) is 17.2 Å². The van der Waals surface area contributed by atoms with Crippen LogP contribution in [0.1, 0.15) is 38.8 Å². The largest absolute Gasteiger partial charge is 0.493 e. The first-order valence-electron chi connectivity index (χ1n) is 10.7.